The molecule has 0 spiro atoms. The van der Waals surface area contributed by atoms with Gasteiger partial charge in [-0.15, -0.1) is 23.1 Å². The van der Waals surface area contributed by atoms with Crippen LogP contribution < -0.4 is 5.32 Å². The van der Waals surface area contributed by atoms with Crippen LogP contribution in [0.5, 0.6) is 0 Å². The summed E-state index contributed by atoms with van der Waals surface area (Å²) in [5, 5.41) is 14.3. The Morgan fingerprint density at radius 2 is 1.91 bits per heavy atom. The van der Waals surface area contributed by atoms with E-state index in [-0.39, 0.29) is 34.8 Å². The maximum Gasteiger partial charge on any atom is 0.265 e. The molecule has 7 rings (SSSR count). The summed E-state index contributed by atoms with van der Waals surface area (Å²) in [6.07, 6.45) is 11.8. The largest absolute Gasteiger partial charge is 0.444 e. The topological polar surface area (TPSA) is 128 Å². The summed E-state index contributed by atoms with van der Waals surface area (Å²) in [5.74, 6) is 8.57. The number of thioether (sulfide) groups is 1. The number of thiazole rings is 2. The summed E-state index contributed by atoms with van der Waals surface area (Å²) in [6.45, 7) is 11.1. The third-order valence-electron chi connectivity index (χ3n) is 10.3. The summed E-state index contributed by atoms with van der Waals surface area (Å²) < 4.78 is 6.89. The summed E-state index contributed by atoms with van der Waals surface area (Å²) in [4.78, 5) is 45.5. The molecule has 2 amide bonds. The standard InChI is InChI=1S/C41H45N7O3S3/c1-26-31-12-11-27(20-29(31)15-19-48(26)39(50)30(22-42)21-36-45-32-9-5-6-10-33(32)53-36)8-7-16-47-17-13-28(14-18-47)38(49)46-40-44-24-37(54-40)52-25-35-43-23-34(51-35)41(2,3)4/h11-12,20-21,23-24,26,28H,5-6,9-10,13-19,25H2,1-4H3,(H,44,46,49)/b30-21+. The molecule has 5 heterocycles. The van der Waals surface area contributed by atoms with E-state index in [1.54, 1.807) is 46.5 Å². The average Bonchev–Trinajstić information content (AvgIpc) is 3.93. The van der Waals surface area contributed by atoms with E-state index in [1.807, 2.05) is 13.0 Å². The van der Waals surface area contributed by atoms with Crippen molar-refractivity contribution in [3.63, 3.8) is 0 Å². The second-order valence-electron chi connectivity index (χ2n) is 15.1. The third kappa shape index (κ3) is 8.98. The molecule has 3 aromatic heterocycles. The molecule has 1 aromatic carbocycles. The lowest BCUT2D eigenvalue weighted by Crippen LogP contribution is -2.39. The quantitative estimate of drug-likeness (QED) is 0.0825. The van der Waals surface area contributed by atoms with Gasteiger partial charge in [0.15, 0.2) is 5.13 Å². The Hall–Kier alpha value is -4.27. The number of carbonyl (C=O) groups is 2. The Balaban J connectivity index is 0.865. The van der Waals surface area contributed by atoms with Crippen molar-refractivity contribution >= 4 is 57.5 Å². The number of rotatable bonds is 8. The van der Waals surface area contributed by atoms with Gasteiger partial charge in [-0.25, -0.2) is 15.0 Å². The lowest BCUT2D eigenvalue weighted by atomic mass is 9.91. The number of benzene rings is 1. The number of amides is 2. The Kier molecular flexibility index (Phi) is 11.7. The normalized spacial score (nSPS) is 17.9. The van der Waals surface area contributed by atoms with Crippen molar-refractivity contribution in [3.05, 3.63) is 80.1 Å². The maximum absolute atomic E-state index is 13.5. The molecule has 1 fully saturated rings. The number of oxazole rings is 1. The lowest BCUT2D eigenvalue weighted by Gasteiger charge is -2.35. The minimum atomic E-state index is -0.241. The van der Waals surface area contributed by atoms with E-state index in [4.69, 9.17) is 9.40 Å². The van der Waals surface area contributed by atoms with Gasteiger partial charge in [-0.3, -0.25) is 14.5 Å². The number of nitrogens with zero attached hydrogens (tertiary/aromatic N) is 6. The van der Waals surface area contributed by atoms with E-state index in [0.717, 1.165) is 77.0 Å². The average molecular weight is 780 g/mol. The van der Waals surface area contributed by atoms with Gasteiger partial charge in [0.1, 0.15) is 22.4 Å². The number of piperidine rings is 1. The second-order valence-corrected chi connectivity index (χ2v) is 18.5. The first-order valence-electron chi connectivity index (χ1n) is 18.6. The molecule has 10 nitrogen and oxygen atoms in total. The Labute approximate surface area is 329 Å². The summed E-state index contributed by atoms with van der Waals surface area (Å²) in [6, 6.07) is 8.23. The number of hydrogen-bond acceptors (Lipinski definition) is 11. The van der Waals surface area contributed by atoms with E-state index < -0.39 is 0 Å². The molecule has 1 saturated heterocycles. The van der Waals surface area contributed by atoms with Gasteiger partial charge in [0.25, 0.3) is 5.91 Å². The van der Waals surface area contributed by atoms with Crippen LogP contribution >= 0.6 is 34.4 Å². The van der Waals surface area contributed by atoms with Crippen molar-refractivity contribution in [3.8, 4) is 17.9 Å². The highest BCUT2D eigenvalue weighted by molar-refractivity contribution is 8.00. The molecule has 1 aliphatic carbocycles. The van der Waals surface area contributed by atoms with Crippen molar-refractivity contribution in [2.75, 3.05) is 31.5 Å². The molecular weight excluding hydrogens is 735 g/mol. The van der Waals surface area contributed by atoms with Gasteiger partial charge in [0.2, 0.25) is 11.8 Å². The van der Waals surface area contributed by atoms with Crippen LogP contribution in [-0.2, 0) is 40.0 Å². The first kappa shape index (κ1) is 38.0. The van der Waals surface area contributed by atoms with Gasteiger partial charge in [-0.05, 0) is 94.3 Å². The smallest absolute Gasteiger partial charge is 0.265 e. The molecule has 1 N–H and O–H groups in total. The minimum absolute atomic E-state index is 0.0236. The number of hydrogen-bond donors (Lipinski definition) is 1. The summed E-state index contributed by atoms with van der Waals surface area (Å²) >= 11 is 4.68. The van der Waals surface area contributed by atoms with Gasteiger partial charge in [0.05, 0.1) is 40.6 Å². The van der Waals surface area contributed by atoms with Crippen LogP contribution in [0, 0.1) is 29.1 Å². The number of nitrogens with one attached hydrogen (secondary N) is 1. The highest BCUT2D eigenvalue weighted by Crippen LogP contribution is 2.34. The van der Waals surface area contributed by atoms with E-state index in [1.165, 1.54) is 28.2 Å². The van der Waals surface area contributed by atoms with Crippen LogP contribution in [-0.4, -0.2) is 62.7 Å². The molecule has 2 aliphatic heterocycles. The van der Waals surface area contributed by atoms with Crippen molar-refractivity contribution in [2.24, 2.45) is 5.92 Å². The van der Waals surface area contributed by atoms with Crippen molar-refractivity contribution in [1.29, 1.82) is 5.26 Å². The number of nitriles is 1. The number of anilines is 1. The Bertz CT molecular complexity index is 2130. The third-order valence-corrected chi connectivity index (χ3v) is 13.5. The molecule has 3 aliphatic rings. The number of aryl methyl sites for hydroxylation is 2. The molecule has 54 heavy (non-hydrogen) atoms. The predicted molar refractivity (Wildman–Crippen MR) is 214 cm³/mol. The monoisotopic (exact) mass is 779 g/mol. The van der Waals surface area contributed by atoms with Gasteiger partial charge in [-0.1, -0.05) is 50.0 Å². The van der Waals surface area contributed by atoms with Crippen LogP contribution in [0.3, 0.4) is 0 Å². The SMILES string of the molecule is CC1c2ccc(C#CCN3CCC(C(=O)Nc4ncc(SCc5ncc(C(C)(C)C)o5)s4)CC3)cc2CCN1C(=O)/C(C#N)=C/c1nc2c(s1)CCCC2. The van der Waals surface area contributed by atoms with Crippen molar-refractivity contribution < 1.29 is 14.0 Å². The molecular formula is C41H45N7O3S3. The highest BCUT2D eigenvalue weighted by atomic mass is 32.2. The fourth-order valence-electron chi connectivity index (χ4n) is 7.10. The van der Waals surface area contributed by atoms with Crippen LogP contribution in [0.1, 0.15) is 103 Å². The zero-order chi connectivity index (χ0) is 37.8. The molecule has 0 bridgehead atoms. The predicted octanol–water partition coefficient (Wildman–Crippen LogP) is 7.81. The fraction of sp³-hybridized carbons (Fsp3) is 0.463. The van der Waals surface area contributed by atoms with Crippen LogP contribution in [0.2, 0.25) is 0 Å². The fourth-order valence-corrected chi connectivity index (χ4v) is 9.92. The molecule has 0 radical (unpaired) electrons. The molecule has 1 atom stereocenters. The zero-order valence-corrected chi connectivity index (χ0v) is 33.7. The van der Waals surface area contributed by atoms with E-state index in [2.05, 4.69) is 71.0 Å². The minimum Gasteiger partial charge on any atom is -0.444 e. The Morgan fingerprint density at radius 3 is 2.67 bits per heavy atom. The van der Waals surface area contributed by atoms with Gasteiger partial charge < -0.3 is 14.6 Å². The van der Waals surface area contributed by atoms with E-state index in [0.29, 0.717) is 36.3 Å². The van der Waals surface area contributed by atoms with Gasteiger partial charge >= 0.3 is 0 Å². The van der Waals surface area contributed by atoms with Crippen molar-refractivity contribution in [1.82, 2.24) is 24.8 Å². The zero-order valence-electron chi connectivity index (χ0n) is 31.2. The molecule has 1 unspecified atom stereocenters. The van der Waals surface area contributed by atoms with Crippen LogP contribution in [0.4, 0.5) is 5.13 Å². The van der Waals surface area contributed by atoms with Crippen LogP contribution in [0.15, 0.2) is 44.8 Å². The number of aromatic nitrogens is 3. The molecule has 4 aromatic rings. The van der Waals surface area contributed by atoms with Gasteiger partial charge in [0, 0.05) is 28.3 Å². The number of likely N-dealkylation sites (tertiary alicyclic amines) is 1. The first-order valence-corrected chi connectivity index (χ1v) is 21.3. The van der Waals surface area contributed by atoms with E-state index in [9.17, 15) is 14.9 Å². The lowest BCUT2D eigenvalue weighted by molar-refractivity contribution is -0.129. The number of carbonyl (C=O) groups excluding carboxylic acids is 2. The van der Waals surface area contributed by atoms with E-state index >= 15 is 0 Å². The van der Waals surface area contributed by atoms with Crippen molar-refractivity contribution in [2.45, 2.75) is 94.1 Å². The summed E-state index contributed by atoms with van der Waals surface area (Å²) in [5.41, 5.74) is 4.42. The van der Waals surface area contributed by atoms with Crippen LogP contribution in [0.25, 0.3) is 6.08 Å². The molecule has 0 saturated carbocycles. The maximum atomic E-state index is 13.5. The second kappa shape index (κ2) is 16.6. The molecule has 13 heteroatoms. The number of fused-ring (bicyclic) bond motifs is 2. The summed E-state index contributed by atoms with van der Waals surface area (Å²) in [7, 11) is 0. The highest BCUT2D eigenvalue weighted by Gasteiger charge is 2.30. The molecule has 280 valence electrons. The van der Waals surface area contributed by atoms with Gasteiger partial charge in [-0.2, -0.15) is 5.26 Å². The first-order chi connectivity index (χ1) is 26.0. The Morgan fingerprint density at radius 1 is 1.09 bits per heavy atom.